The minimum atomic E-state index is -2.17. The third-order valence-electron chi connectivity index (χ3n) is 0. The fraction of sp³-hybridized carbons (Fsp3) is 0. The predicted molar refractivity (Wildman–Crippen MR) is 42.1 cm³/mol. The summed E-state index contributed by atoms with van der Waals surface area (Å²) >= 11 is 0. The summed E-state index contributed by atoms with van der Waals surface area (Å²) in [6.45, 7) is 0. The van der Waals surface area contributed by atoms with Crippen LogP contribution < -0.4 is 0 Å². The minimum absolute atomic E-state index is 0. The topological polar surface area (TPSA) is 60.7 Å². The fourth-order valence-electron chi connectivity index (χ4n) is 0. The van der Waals surface area contributed by atoms with E-state index in [0.29, 0.717) is 0 Å². The molecule has 0 rings (SSSR count). The van der Waals surface area contributed by atoms with E-state index in [1.165, 1.54) is 0 Å². The van der Waals surface area contributed by atoms with Gasteiger partial charge in [-0.15, -0.1) is 37.2 Å². The Balaban J connectivity index is -0.00000000300. The van der Waals surface area contributed by atoms with Gasteiger partial charge in [0, 0.05) is 0 Å². The molecule has 0 aliphatic heterocycles. The molecule has 0 spiro atoms. The van der Waals surface area contributed by atoms with Crippen molar-refractivity contribution in [3.8, 4) is 0 Å². The Bertz CT molecular complexity index is 26.5. The Morgan fingerprint density at radius 1 is 0.875 bits per heavy atom. The standard InChI is InChI=1S/BH3O3.3ClH.Mg.2H/c2-1(3)4;;;;;;/h2-4H;3*1H;;;/q;;;;+2;2*-1. The van der Waals surface area contributed by atoms with Gasteiger partial charge in [0.25, 0.3) is 0 Å². The van der Waals surface area contributed by atoms with E-state index in [2.05, 4.69) is 0 Å². The molecule has 0 saturated heterocycles. The van der Waals surface area contributed by atoms with Crippen molar-refractivity contribution in [3.05, 3.63) is 0 Å². The average Bonchev–Trinajstić information content (AvgIpc) is 0.811. The molecule has 0 aliphatic carbocycles. The molecule has 0 heterocycles. The van der Waals surface area contributed by atoms with Crippen LogP contribution in [0.25, 0.3) is 0 Å². The SMILES string of the molecule is Cl.Cl.Cl.OB(O)O.[H-].[H-].[Mg+2]. The quantitative estimate of drug-likeness (QED) is 0.439. The molecule has 8 heteroatoms. The van der Waals surface area contributed by atoms with E-state index < -0.39 is 7.32 Å². The second-order valence-corrected chi connectivity index (χ2v) is 0.346. The summed E-state index contributed by atoms with van der Waals surface area (Å²) in [5.74, 6) is 0. The second-order valence-electron chi connectivity index (χ2n) is 0.346. The van der Waals surface area contributed by atoms with Gasteiger partial charge < -0.3 is 17.9 Å². The van der Waals surface area contributed by atoms with Gasteiger partial charge in [0.15, 0.2) is 0 Å². The second kappa shape index (κ2) is 23.5. The number of hydrogen-bond donors (Lipinski definition) is 3. The number of halogens is 3. The molecule has 0 atom stereocenters. The van der Waals surface area contributed by atoms with Gasteiger partial charge in [-0.25, -0.2) is 0 Å². The largest absolute Gasteiger partial charge is 2.00 e. The van der Waals surface area contributed by atoms with Crippen molar-refractivity contribution in [2.45, 2.75) is 0 Å². The van der Waals surface area contributed by atoms with Gasteiger partial charge in [0.05, 0.1) is 0 Å². The monoisotopic (exact) mass is 196 g/mol. The Morgan fingerprint density at radius 2 is 0.875 bits per heavy atom. The van der Waals surface area contributed by atoms with Crippen LogP contribution in [0.3, 0.4) is 0 Å². The molecule has 0 unspecified atom stereocenters. The molecule has 0 aromatic rings. The van der Waals surface area contributed by atoms with Crippen molar-refractivity contribution in [2.75, 3.05) is 0 Å². The zero-order valence-electron chi connectivity index (χ0n) is 5.85. The normalized spacial score (nSPS) is 3.38. The first-order chi connectivity index (χ1) is 1.73. The molecule has 3 N–H and O–H groups in total. The predicted octanol–water partition coefficient (Wildman–Crippen LogP) is -0.942. The molecule has 8 heavy (non-hydrogen) atoms. The molecule has 0 aromatic heterocycles. The molecule has 0 aliphatic rings. The third-order valence-corrected chi connectivity index (χ3v) is 0. The van der Waals surface area contributed by atoms with Crippen LogP contribution in [0.4, 0.5) is 0 Å². The Morgan fingerprint density at radius 3 is 0.875 bits per heavy atom. The van der Waals surface area contributed by atoms with Gasteiger partial charge in [0.2, 0.25) is 0 Å². The molecule has 0 fully saturated rings. The maximum Gasteiger partial charge on any atom is 2.00 e. The summed E-state index contributed by atoms with van der Waals surface area (Å²) in [4.78, 5) is 0. The zero-order valence-corrected chi connectivity index (χ0v) is 7.71. The maximum absolute atomic E-state index is 7.17. The smallest absolute Gasteiger partial charge is 1.00 e. The maximum atomic E-state index is 7.17. The first kappa shape index (κ1) is 33.6. The molecule has 0 bridgehead atoms. The summed E-state index contributed by atoms with van der Waals surface area (Å²) in [6.07, 6.45) is 0. The van der Waals surface area contributed by atoms with Crippen LogP contribution in [0, 0.1) is 0 Å². The van der Waals surface area contributed by atoms with E-state index in [0.717, 1.165) is 0 Å². The van der Waals surface area contributed by atoms with Crippen LogP contribution >= 0.6 is 37.2 Å². The first-order valence-electron chi connectivity index (χ1n) is 0.775. The molecule has 0 saturated carbocycles. The van der Waals surface area contributed by atoms with Gasteiger partial charge in [-0.2, -0.15) is 0 Å². The molecular weight excluding hydrogens is 189 g/mol. The molecule has 52 valence electrons. The van der Waals surface area contributed by atoms with Crippen LogP contribution in [-0.4, -0.2) is 45.4 Å². The van der Waals surface area contributed by atoms with Crippen molar-refractivity contribution in [2.24, 2.45) is 0 Å². The van der Waals surface area contributed by atoms with Crippen molar-refractivity contribution >= 4 is 67.6 Å². The van der Waals surface area contributed by atoms with E-state index >= 15 is 0 Å². The van der Waals surface area contributed by atoms with Crippen LogP contribution in [0.5, 0.6) is 0 Å². The van der Waals surface area contributed by atoms with Crippen molar-refractivity contribution in [3.63, 3.8) is 0 Å². The van der Waals surface area contributed by atoms with Crippen molar-refractivity contribution in [1.29, 1.82) is 0 Å². The van der Waals surface area contributed by atoms with E-state index in [1.54, 1.807) is 0 Å². The summed E-state index contributed by atoms with van der Waals surface area (Å²) < 4.78 is 0. The van der Waals surface area contributed by atoms with Crippen molar-refractivity contribution in [1.82, 2.24) is 0 Å². The van der Waals surface area contributed by atoms with Gasteiger partial charge in [0.1, 0.15) is 0 Å². The first-order valence-corrected chi connectivity index (χ1v) is 0.775. The van der Waals surface area contributed by atoms with Crippen molar-refractivity contribution < 1.29 is 17.9 Å². The third kappa shape index (κ3) is 131. The Hall–Kier alpha value is 1.58. The summed E-state index contributed by atoms with van der Waals surface area (Å²) in [5, 5.41) is 21.5. The molecule has 0 aromatic carbocycles. The summed E-state index contributed by atoms with van der Waals surface area (Å²) in [5.41, 5.74) is 0. The van der Waals surface area contributed by atoms with Crippen LogP contribution in [-0.2, 0) is 0 Å². The van der Waals surface area contributed by atoms with E-state index in [-0.39, 0.29) is 63.1 Å². The van der Waals surface area contributed by atoms with Gasteiger partial charge in [-0.1, -0.05) is 0 Å². The van der Waals surface area contributed by atoms with Gasteiger partial charge in [-0.3, -0.25) is 0 Å². The van der Waals surface area contributed by atoms with Gasteiger partial charge in [-0.05, 0) is 0 Å². The number of rotatable bonds is 0. The van der Waals surface area contributed by atoms with Crippen LogP contribution in [0.1, 0.15) is 2.85 Å². The molecular formula is H8BCl3MgO3. The summed E-state index contributed by atoms with van der Waals surface area (Å²) in [7, 11) is -2.17. The minimum Gasteiger partial charge on any atom is -1.00 e. The molecule has 0 amide bonds. The van der Waals surface area contributed by atoms with E-state index in [4.69, 9.17) is 15.1 Å². The molecule has 3 nitrogen and oxygen atoms in total. The van der Waals surface area contributed by atoms with E-state index in [9.17, 15) is 0 Å². The average molecular weight is 198 g/mol. The van der Waals surface area contributed by atoms with Crippen LogP contribution in [0.2, 0.25) is 0 Å². The number of hydrogen-bond acceptors (Lipinski definition) is 3. The van der Waals surface area contributed by atoms with Gasteiger partial charge >= 0.3 is 30.4 Å². The fourth-order valence-corrected chi connectivity index (χ4v) is 0. The molecule has 0 radical (unpaired) electrons. The summed E-state index contributed by atoms with van der Waals surface area (Å²) in [6, 6.07) is 0. The Kier molecular flexibility index (Phi) is 98.7. The van der Waals surface area contributed by atoms with Crippen LogP contribution in [0.15, 0.2) is 0 Å². The Labute approximate surface area is 85.4 Å². The zero-order chi connectivity index (χ0) is 3.58. The van der Waals surface area contributed by atoms with E-state index in [1.807, 2.05) is 0 Å².